The molecule has 2 heterocycles. The van der Waals surface area contributed by atoms with Gasteiger partial charge in [0.05, 0.1) is 0 Å². The maximum atomic E-state index is 4.24. The van der Waals surface area contributed by atoms with Gasteiger partial charge in [-0.2, -0.15) is 5.10 Å². The van der Waals surface area contributed by atoms with Crippen LogP contribution in [-0.4, -0.2) is 19.7 Å². The van der Waals surface area contributed by atoms with Gasteiger partial charge >= 0.3 is 0 Å². The standard InChI is InChI=1S/C12H12N4/c1-10-9-12(15-11(2)14-10)5-3-7-16-8-4-6-13-16/h4,6,8-9H,7H2,1-2H3. The summed E-state index contributed by atoms with van der Waals surface area (Å²) in [6.45, 7) is 4.38. The maximum absolute atomic E-state index is 4.24. The highest BCUT2D eigenvalue weighted by Crippen LogP contribution is 1.97. The quantitative estimate of drug-likeness (QED) is 0.670. The third kappa shape index (κ3) is 2.67. The van der Waals surface area contributed by atoms with Gasteiger partial charge in [0.1, 0.15) is 18.1 Å². The largest absolute Gasteiger partial charge is 0.261 e. The Morgan fingerprint density at radius 2 is 2.19 bits per heavy atom. The van der Waals surface area contributed by atoms with Crippen molar-refractivity contribution >= 4 is 0 Å². The van der Waals surface area contributed by atoms with Crippen LogP contribution in [0.4, 0.5) is 0 Å². The average Bonchev–Trinajstić information content (AvgIpc) is 2.69. The van der Waals surface area contributed by atoms with Gasteiger partial charge in [-0.3, -0.25) is 4.68 Å². The summed E-state index contributed by atoms with van der Waals surface area (Å²) in [5, 5.41) is 4.06. The molecule has 4 nitrogen and oxygen atoms in total. The molecule has 2 rings (SSSR count). The number of aryl methyl sites for hydroxylation is 2. The van der Waals surface area contributed by atoms with Crippen LogP contribution in [0.15, 0.2) is 24.5 Å². The van der Waals surface area contributed by atoms with Crippen molar-refractivity contribution in [3.05, 3.63) is 41.7 Å². The van der Waals surface area contributed by atoms with E-state index in [9.17, 15) is 0 Å². The van der Waals surface area contributed by atoms with Crippen molar-refractivity contribution in [1.82, 2.24) is 19.7 Å². The zero-order valence-corrected chi connectivity index (χ0v) is 9.31. The summed E-state index contributed by atoms with van der Waals surface area (Å²) in [6, 6.07) is 3.75. The van der Waals surface area contributed by atoms with Crippen LogP contribution < -0.4 is 0 Å². The number of aromatic nitrogens is 4. The second-order valence-corrected chi connectivity index (χ2v) is 3.45. The van der Waals surface area contributed by atoms with E-state index in [1.807, 2.05) is 32.2 Å². The molecule has 0 spiro atoms. The van der Waals surface area contributed by atoms with Crippen LogP contribution in [0.25, 0.3) is 0 Å². The van der Waals surface area contributed by atoms with E-state index in [4.69, 9.17) is 0 Å². The van der Waals surface area contributed by atoms with E-state index in [1.54, 1.807) is 10.9 Å². The number of hydrogen-bond donors (Lipinski definition) is 0. The summed E-state index contributed by atoms with van der Waals surface area (Å²) in [4.78, 5) is 8.43. The lowest BCUT2D eigenvalue weighted by Gasteiger charge is -1.96. The molecule has 0 fully saturated rings. The second-order valence-electron chi connectivity index (χ2n) is 3.45. The SMILES string of the molecule is Cc1cc(C#CCn2cccn2)nc(C)n1. The lowest BCUT2D eigenvalue weighted by atomic mass is 10.3. The molecule has 0 saturated carbocycles. The molecule has 80 valence electrons. The fourth-order valence-electron chi connectivity index (χ4n) is 1.39. The minimum absolute atomic E-state index is 0.578. The van der Waals surface area contributed by atoms with E-state index in [0.29, 0.717) is 6.54 Å². The predicted octanol–water partition coefficient (Wildman–Crippen LogP) is 1.34. The highest BCUT2D eigenvalue weighted by atomic mass is 15.3. The normalized spacial score (nSPS) is 9.62. The van der Waals surface area contributed by atoms with Crippen LogP contribution in [0.3, 0.4) is 0 Å². The molecule has 0 aromatic carbocycles. The smallest absolute Gasteiger partial charge is 0.126 e. The van der Waals surface area contributed by atoms with Gasteiger partial charge in [-0.1, -0.05) is 5.92 Å². The van der Waals surface area contributed by atoms with Crippen molar-refractivity contribution in [2.75, 3.05) is 0 Å². The third-order valence-electron chi connectivity index (χ3n) is 1.98. The lowest BCUT2D eigenvalue weighted by Crippen LogP contribution is -1.96. The molecular weight excluding hydrogens is 200 g/mol. The molecule has 16 heavy (non-hydrogen) atoms. The number of nitrogens with zero attached hydrogens (tertiary/aromatic N) is 4. The van der Waals surface area contributed by atoms with Gasteiger partial charge in [0.25, 0.3) is 0 Å². The van der Waals surface area contributed by atoms with Crippen molar-refractivity contribution in [3.8, 4) is 11.8 Å². The molecule has 0 unspecified atom stereocenters. The van der Waals surface area contributed by atoms with E-state index < -0.39 is 0 Å². The molecule has 0 aliphatic rings. The van der Waals surface area contributed by atoms with Gasteiger partial charge in [-0.25, -0.2) is 9.97 Å². The van der Waals surface area contributed by atoms with Crippen molar-refractivity contribution in [1.29, 1.82) is 0 Å². The zero-order valence-electron chi connectivity index (χ0n) is 9.31. The molecule has 0 radical (unpaired) electrons. The fourth-order valence-corrected chi connectivity index (χ4v) is 1.39. The van der Waals surface area contributed by atoms with E-state index in [-0.39, 0.29) is 0 Å². The first-order valence-electron chi connectivity index (χ1n) is 5.02. The molecule has 0 bridgehead atoms. The van der Waals surface area contributed by atoms with E-state index in [1.165, 1.54) is 0 Å². The number of hydrogen-bond acceptors (Lipinski definition) is 3. The van der Waals surface area contributed by atoms with E-state index >= 15 is 0 Å². The summed E-state index contributed by atoms with van der Waals surface area (Å²) < 4.78 is 1.77. The highest BCUT2D eigenvalue weighted by molar-refractivity contribution is 5.28. The number of rotatable bonds is 1. The van der Waals surface area contributed by atoms with Crippen molar-refractivity contribution in [2.45, 2.75) is 20.4 Å². The molecule has 0 amide bonds. The fraction of sp³-hybridized carbons (Fsp3) is 0.250. The molecule has 2 aromatic heterocycles. The van der Waals surface area contributed by atoms with Gasteiger partial charge in [0, 0.05) is 18.1 Å². The Morgan fingerprint density at radius 1 is 1.31 bits per heavy atom. The van der Waals surface area contributed by atoms with Crippen LogP contribution in [0.1, 0.15) is 17.2 Å². The molecule has 0 saturated heterocycles. The van der Waals surface area contributed by atoms with Crippen LogP contribution in [0, 0.1) is 25.7 Å². The minimum Gasteiger partial charge on any atom is -0.261 e. The summed E-state index contributed by atoms with van der Waals surface area (Å²) in [5.74, 6) is 6.77. The lowest BCUT2D eigenvalue weighted by molar-refractivity contribution is 0.715. The van der Waals surface area contributed by atoms with Crippen LogP contribution in [0.2, 0.25) is 0 Å². The molecule has 0 aliphatic carbocycles. The van der Waals surface area contributed by atoms with Crippen molar-refractivity contribution in [2.24, 2.45) is 0 Å². The molecule has 0 N–H and O–H groups in total. The van der Waals surface area contributed by atoms with Crippen molar-refractivity contribution < 1.29 is 0 Å². The first-order valence-corrected chi connectivity index (χ1v) is 5.02. The monoisotopic (exact) mass is 212 g/mol. The Balaban J connectivity index is 2.12. The van der Waals surface area contributed by atoms with Crippen molar-refractivity contribution in [3.63, 3.8) is 0 Å². The Bertz CT molecular complexity index is 512. The molecule has 2 aromatic rings. The zero-order chi connectivity index (χ0) is 11.4. The van der Waals surface area contributed by atoms with Crippen LogP contribution in [-0.2, 0) is 6.54 Å². The van der Waals surface area contributed by atoms with E-state index in [0.717, 1.165) is 17.2 Å². The van der Waals surface area contributed by atoms with Gasteiger partial charge in [0.2, 0.25) is 0 Å². The summed E-state index contributed by atoms with van der Waals surface area (Å²) in [7, 11) is 0. The summed E-state index contributed by atoms with van der Waals surface area (Å²) >= 11 is 0. The second kappa shape index (κ2) is 4.58. The molecular formula is C12H12N4. The maximum Gasteiger partial charge on any atom is 0.126 e. The Hall–Kier alpha value is -2.15. The highest BCUT2D eigenvalue weighted by Gasteiger charge is 1.94. The third-order valence-corrected chi connectivity index (χ3v) is 1.98. The Labute approximate surface area is 94.4 Å². The minimum atomic E-state index is 0.578. The topological polar surface area (TPSA) is 43.6 Å². The van der Waals surface area contributed by atoms with Crippen LogP contribution >= 0.6 is 0 Å². The average molecular weight is 212 g/mol. The first-order chi connectivity index (χ1) is 7.74. The van der Waals surface area contributed by atoms with Gasteiger partial charge in [-0.15, -0.1) is 0 Å². The predicted molar refractivity (Wildman–Crippen MR) is 60.6 cm³/mol. The van der Waals surface area contributed by atoms with Gasteiger partial charge in [-0.05, 0) is 31.9 Å². The molecule has 0 aliphatic heterocycles. The summed E-state index contributed by atoms with van der Waals surface area (Å²) in [6.07, 6.45) is 3.62. The first kappa shape index (κ1) is 10.4. The van der Waals surface area contributed by atoms with E-state index in [2.05, 4.69) is 26.9 Å². The molecule has 0 atom stereocenters. The Kier molecular flexibility index (Phi) is 2.97. The van der Waals surface area contributed by atoms with Gasteiger partial charge < -0.3 is 0 Å². The van der Waals surface area contributed by atoms with Gasteiger partial charge in [0.15, 0.2) is 0 Å². The summed E-state index contributed by atoms with van der Waals surface area (Å²) in [5.41, 5.74) is 1.70. The molecule has 4 heteroatoms. The Morgan fingerprint density at radius 3 is 2.88 bits per heavy atom. The van der Waals surface area contributed by atoms with Crippen LogP contribution in [0.5, 0.6) is 0 Å².